The van der Waals surface area contributed by atoms with Crippen LogP contribution in [0.15, 0.2) is 47.5 Å². The summed E-state index contributed by atoms with van der Waals surface area (Å²) in [7, 11) is 0. The van der Waals surface area contributed by atoms with Crippen LogP contribution >= 0.6 is 0 Å². The second-order valence-electron chi connectivity index (χ2n) is 7.92. The highest BCUT2D eigenvalue weighted by atomic mass is 16.5. The lowest BCUT2D eigenvalue weighted by atomic mass is 10.1. The predicted octanol–water partition coefficient (Wildman–Crippen LogP) is 1.76. The van der Waals surface area contributed by atoms with Crippen LogP contribution in [-0.2, 0) is 16.1 Å². The number of carbonyl (C=O) groups excluding carboxylic acids is 2. The minimum atomic E-state index is -1.39. The largest absolute Gasteiger partial charge is 0.481 e. The molecule has 6 N–H and O–H groups in total. The van der Waals surface area contributed by atoms with Crippen molar-refractivity contribution in [2.75, 3.05) is 6.54 Å². The maximum absolute atomic E-state index is 12.6. The van der Waals surface area contributed by atoms with E-state index in [4.69, 9.17) is 31.2 Å². The molecule has 180 valence electrons. The number of amides is 1. The monoisotopic (exact) mass is 470 g/mol. The molecule has 1 aliphatic heterocycles. The SMILES string of the molecule is CC(=O)O.CC(C)(Oc1ccc(C(=O)CN2Cc3cc(N=C(N)N)ccc3C2=O)cc1)C(=O)O. The lowest BCUT2D eigenvalue weighted by Crippen LogP contribution is -2.37. The summed E-state index contributed by atoms with van der Waals surface area (Å²) in [6.45, 7) is 4.14. The van der Waals surface area contributed by atoms with E-state index >= 15 is 0 Å². The van der Waals surface area contributed by atoms with Gasteiger partial charge in [-0.15, -0.1) is 0 Å². The average molecular weight is 470 g/mol. The van der Waals surface area contributed by atoms with Crippen molar-refractivity contribution >= 4 is 35.3 Å². The van der Waals surface area contributed by atoms with Gasteiger partial charge in [-0.25, -0.2) is 9.79 Å². The van der Waals surface area contributed by atoms with Crippen LogP contribution < -0.4 is 16.2 Å². The van der Waals surface area contributed by atoms with Gasteiger partial charge in [-0.05, 0) is 61.9 Å². The summed E-state index contributed by atoms with van der Waals surface area (Å²) in [5.41, 5.74) is 11.6. The van der Waals surface area contributed by atoms with Crippen molar-refractivity contribution in [3.63, 3.8) is 0 Å². The van der Waals surface area contributed by atoms with Crippen molar-refractivity contribution in [2.24, 2.45) is 16.5 Å². The van der Waals surface area contributed by atoms with Gasteiger partial charge in [0.2, 0.25) is 0 Å². The Bertz CT molecular complexity index is 1130. The summed E-state index contributed by atoms with van der Waals surface area (Å²) in [6.07, 6.45) is 0. The number of hydrogen-bond donors (Lipinski definition) is 4. The summed E-state index contributed by atoms with van der Waals surface area (Å²) in [6, 6.07) is 11.1. The van der Waals surface area contributed by atoms with Crippen LogP contribution in [-0.4, -0.2) is 56.8 Å². The van der Waals surface area contributed by atoms with Crippen molar-refractivity contribution in [1.82, 2.24) is 4.90 Å². The third-order valence-corrected chi connectivity index (χ3v) is 4.62. The molecule has 0 aliphatic carbocycles. The fraction of sp³-hybridized carbons (Fsp3) is 0.261. The number of ketones is 1. The van der Waals surface area contributed by atoms with E-state index in [9.17, 15) is 14.4 Å². The first kappa shape index (κ1) is 25.8. The summed E-state index contributed by atoms with van der Waals surface area (Å²) < 4.78 is 5.43. The van der Waals surface area contributed by atoms with Crippen LogP contribution in [0.3, 0.4) is 0 Å². The number of carboxylic acid groups (broad SMARTS) is 2. The molecule has 0 radical (unpaired) electrons. The Kier molecular flexibility index (Phi) is 7.96. The third kappa shape index (κ3) is 6.79. The molecule has 3 rings (SSSR count). The molecule has 0 spiro atoms. The number of nitrogens with two attached hydrogens (primary N) is 2. The highest BCUT2D eigenvalue weighted by Crippen LogP contribution is 2.27. The molecule has 0 aromatic heterocycles. The van der Waals surface area contributed by atoms with Crippen LogP contribution in [0.4, 0.5) is 5.69 Å². The quantitative estimate of drug-likeness (QED) is 0.266. The van der Waals surface area contributed by atoms with Gasteiger partial charge in [0.05, 0.1) is 12.2 Å². The highest BCUT2D eigenvalue weighted by Gasteiger charge is 2.30. The van der Waals surface area contributed by atoms with Gasteiger partial charge in [0.25, 0.3) is 11.9 Å². The van der Waals surface area contributed by atoms with Gasteiger partial charge in [-0.1, -0.05) is 0 Å². The number of carbonyl (C=O) groups is 4. The van der Waals surface area contributed by atoms with Gasteiger partial charge < -0.3 is 31.3 Å². The molecular formula is C23H26N4O7. The second-order valence-corrected chi connectivity index (χ2v) is 7.92. The molecule has 0 saturated carbocycles. The van der Waals surface area contributed by atoms with E-state index in [1.54, 1.807) is 30.3 Å². The molecule has 2 aromatic rings. The van der Waals surface area contributed by atoms with Crippen LogP contribution in [0.1, 0.15) is 47.1 Å². The number of aliphatic carboxylic acids is 2. The van der Waals surface area contributed by atoms with Crippen LogP contribution in [0.2, 0.25) is 0 Å². The zero-order valence-electron chi connectivity index (χ0n) is 18.9. The van der Waals surface area contributed by atoms with Crippen molar-refractivity contribution in [3.05, 3.63) is 59.2 Å². The maximum Gasteiger partial charge on any atom is 0.347 e. The van der Waals surface area contributed by atoms with Gasteiger partial charge in [-0.2, -0.15) is 0 Å². The van der Waals surface area contributed by atoms with E-state index in [-0.39, 0.29) is 30.7 Å². The van der Waals surface area contributed by atoms with E-state index in [0.29, 0.717) is 22.6 Å². The molecule has 34 heavy (non-hydrogen) atoms. The number of ether oxygens (including phenoxy) is 1. The van der Waals surface area contributed by atoms with Crippen LogP contribution in [0, 0.1) is 0 Å². The number of fused-ring (bicyclic) bond motifs is 1. The number of nitrogens with zero attached hydrogens (tertiary/aromatic N) is 2. The second kappa shape index (κ2) is 10.5. The molecular weight excluding hydrogens is 444 g/mol. The normalized spacial score (nSPS) is 12.2. The smallest absolute Gasteiger partial charge is 0.347 e. The third-order valence-electron chi connectivity index (χ3n) is 4.62. The molecule has 0 unspecified atom stereocenters. The van der Waals surface area contributed by atoms with Crippen molar-refractivity contribution < 1.29 is 34.1 Å². The number of aliphatic imine (C=N–C) groups is 1. The number of hydrogen-bond acceptors (Lipinski definition) is 6. The molecule has 2 aromatic carbocycles. The minimum absolute atomic E-state index is 0.0783. The Labute approximate surface area is 195 Å². The van der Waals surface area contributed by atoms with Crippen LogP contribution in [0.25, 0.3) is 0 Å². The predicted molar refractivity (Wildman–Crippen MR) is 123 cm³/mol. The molecule has 0 fully saturated rings. The first-order valence-electron chi connectivity index (χ1n) is 10.1. The van der Waals surface area contributed by atoms with Gasteiger partial charge in [0, 0.05) is 24.6 Å². The zero-order chi connectivity index (χ0) is 25.6. The molecule has 0 bridgehead atoms. The van der Waals surface area contributed by atoms with Gasteiger partial charge in [0.15, 0.2) is 17.3 Å². The zero-order valence-corrected chi connectivity index (χ0v) is 18.9. The fourth-order valence-corrected chi connectivity index (χ4v) is 3.03. The Balaban J connectivity index is 0.000000945. The molecule has 1 heterocycles. The molecule has 1 amide bonds. The topological polar surface area (TPSA) is 186 Å². The molecule has 1 aliphatic rings. The lowest BCUT2D eigenvalue weighted by Gasteiger charge is -2.21. The molecule has 0 saturated heterocycles. The Morgan fingerprint density at radius 3 is 2.21 bits per heavy atom. The van der Waals surface area contributed by atoms with Crippen molar-refractivity contribution in [3.8, 4) is 5.75 Å². The number of benzene rings is 2. The van der Waals surface area contributed by atoms with E-state index in [1.807, 2.05) is 0 Å². The minimum Gasteiger partial charge on any atom is -0.481 e. The summed E-state index contributed by atoms with van der Waals surface area (Å²) in [5.74, 6) is -2.17. The number of Topliss-reactive ketones (excluding diaryl/α,β-unsaturated/α-hetero) is 1. The summed E-state index contributed by atoms with van der Waals surface area (Å²) in [4.78, 5) is 50.8. The van der Waals surface area contributed by atoms with E-state index in [1.165, 1.54) is 30.9 Å². The maximum atomic E-state index is 12.6. The Morgan fingerprint density at radius 2 is 1.68 bits per heavy atom. The van der Waals surface area contributed by atoms with Crippen molar-refractivity contribution in [2.45, 2.75) is 32.9 Å². The van der Waals surface area contributed by atoms with Crippen LogP contribution in [0.5, 0.6) is 5.75 Å². The standard InChI is InChI=1S/C21H22N4O5.C2H4O2/c1-21(2,19(28)29)30-15-6-3-12(4-7-15)17(26)11-25-10-13-9-14(24-20(22)23)5-8-16(13)18(25)27;1-2(3)4/h3-9H,10-11H2,1-2H3,(H,28,29)(H4,22,23,24);1H3,(H,3,4). The number of carboxylic acids is 2. The van der Waals surface area contributed by atoms with E-state index < -0.39 is 17.5 Å². The van der Waals surface area contributed by atoms with Gasteiger partial charge in [0.1, 0.15) is 5.75 Å². The summed E-state index contributed by atoms with van der Waals surface area (Å²) >= 11 is 0. The Hall–Kier alpha value is -4.41. The van der Waals surface area contributed by atoms with E-state index in [0.717, 1.165) is 12.5 Å². The molecule has 0 atom stereocenters. The Morgan fingerprint density at radius 1 is 1.09 bits per heavy atom. The van der Waals surface area contributed by atoms with Gasteiger partial charge >= 0.3 is 5.97 Å². The van der Waals surface area contributed by atoms with Gasteiger partial charge in [-0.3, -0.25) is 14.4 Å². The fourth-order valence-electron chi connectivity index (χ4n) is 3.03. The first-order chi connectivity index (χ1) is 15.8. The van der Waals surface area contributed by atoms with E-state index in [2.05, 4.69) is 4.99 Å². The number of rotatable bonds is 7. The average Bonchev–Trinajstić information content (AvgIpc) is 3.02. The molecule has 11 heteroatoms. The van der Waals surface area contributed by atoms with Crippen molar-refractivity contribution in [1.29, 1.82) is 0 Å². The highest BCUT2D eigenvalue weighted by molar-refractivity contribution is 6.04. The lowest BCUT2D eigenvalue weighted by molar-refractivity contribution is -0.152. The molecule has 11 nitrogen and oxygen atoms in total. The summed E-state index contributed by atoms with van der Waals surface area (Å²) in [5, 5.41) is 16.5. The number of guanidine groups is 1. The first-order valence-corrected chi connectivity index (χ1v) is 10.1.